The van der Waals surface area contributed by atoms with E-state index < -0.39 is 47.9 Å². The van der Waals surface area contributed by atoms with Gasteiger partial charge in [-0.15, -0.1) is 0 Å². The van der Waals surface area contributed by atoms with Crippen molar-refractivity contribution >= 4 is 48.1 Å². The van der Waals surface area contributed by atoms with Gasteiger partial charge >= 0.3 is 5.97 Å². The molecule has 1 rings (SSSR count). The van der Waals surface area contributed by atoms with Crippen molar-refractivity contribution in [2.45, 2.75) is 50.4 Å². The molecule has 154 valence electrons. The van der Waals surface area contributed by atoms with Gasteiger partial charge in [-0.2, -0.15) is 24.4 Å². The van der Waals surface area contributed by atoms with E-state index in [0.717, 1.165) is 0 Å². The number of aliphatic carboxylic acids is 1. The van der Waals surface area contributed by atoms with E-state index in [1.54, 1.807) is 0 Å². The number of nitrogens with two attached hydrogens (primary N) is 1. The Hall–Kier alpha value is -1.46. The summed E-state index contributed by atoms with van der Waals surface area (Å²) in [4.78, 5) is 49.7. The van der Waals surface area contributed by atoms with Crippen LogP contribution in [0.2, 0.25) is 0 Å². The molecule has 0 spiro atoms. The lowest BCUT2D eigenvalue weighted by Gasteiger charge is -2.28. The van der Waals surface area contributed by atoms with Crippen LogP contribution in [0.3, 0.4) is 0 Å². The first-order valence-electron chi connectivity index (χ1n) is 8.72. The molecule has 0 aromatic heterocycles. The second-order valence-corrected chi connectivity index (χ2v) is 7.74. The molecule has 1 fully saturated rings. The molecule has 9 nitrogen and oxygen atoms in total. The number of thioether (sulfide) groups is 1. The number of thiol groups is 1. The second kappa shape index (κ2) is 11.4. The lowest BCUT2D eigenvalue weighted by Crippen LogP contribution is -2.56. The minimum atomic E-state index is -1.04. The normalized spacial score (nSPS) is 19.9. The Morgan fingerprint density at radius 3 is 2.52 bits per heavy atom. The summed E-state index contributed by atoms with van der Waals surface area (Å²) in [7, 11) is 0. The molecule has 0 aliphatic carbocycles. The van der Waals surface area contributed by atoms with E-state index in [2.05, 4.69) is 23.3 Å². The number of carboxylic acids is 1. The first kappa shape index (κ1) is 23.6. The maximum Gasteiger partial charge on any atom is 0.326 e. The number of nitrogens with zero attached hydrogens (tertiary/aromatic N) is 1. The van der Waals surface area contributed by atoms with Crippen molar-refractivity contribution in [2.75, 3.05) is 24.3 Å². The summed E-state index contributed by atoms with van der Waals surface area (Å²) >= 11 is 5.45. The highest BCUT2D eigenvalue weighted by molar-refractivity contribution is 7.98. The summed E-state index contributed by atoms with van der Waals surface area (Å²) < 4.78 is 0. The van der Waals surface area contributed by atoms with Crippen LogP contribution in [0.25, 0.3) is 0 Å². The van der Waals surface area contributed by atoms with Crippen molar-refractivity contribution in [3.63, 3.8) is 0 Å². The van der Waals surface area contributed by atoms with Crippen molar-refractivity contribution in [1.82, 2.24) is 15.5 Å². The van der Waals surface area contributed by atoms with Gasteiger partial charge in [-0.3, -0.25) is 14.4 Å². The third kappa shape index (κ3) is 6.89. The van der Waals surface area contributed by atoms with Gasteiger partial charge in [0.15, 0.2) is 0 Å². The van der Waals surface area contributed by atoms with Crippen molar-refractivity contribution < 1.29 is 24.3 Å². The van der Waals surface area contributed by atoms with Crippen molar-refractivity contribution in [1.29, 1.82) is 0 Å². The zero-order chi connectivity index (χ0) is 20.6. The van der Waals surface area contributed by atoms with Crippen LogP contribution in [0, 0.1) is 0 Å². The fraction of sp³-hybridized carbons (Fsp3) is 0.750. The summed E-state index contributed by atoms with van der Waals surface area (Å²) in [6.07, 6.45) is 3.25. The molecule has 1 aliphatic heterocycles. The number of hydrogen-bond donors (Lipinski definition) is 5. The number of amides is 3. The number of nitrogens with one attached hydrogen (secondary N) is 2. The molecule has 4 atom stereocenters. The highest BCUT2D eigenvalue weighted by atomic mass is 32.2. The maximum absolute atomic E-state index is 12.8. The molecule has 0 radical (unpaired) electrons. The quantitative estimate of drug-likeness (QED) is 0.287. The number of rotatable bonds is 10. The molecule has 4 unspecified atom stereocenters. The van der Waals surface area contributed by atoms with Crippen LogP contribution in [-0.4, -0.2) is 82.2 Å². The fourth-order valence-electron chi connectivity index (χ4n) is 2.75. The largest absolute Gasteiger partial charge is 0.480 e. The van der Waals surface area contributed by atoms with E-state index in [1.807, 2.05) is 6.26 Å². The molecule has 1 saturated heterocycles. The number of carboxylic acid groups (broad SMARTS) is 1. The van der Waals surface area contributed by atoms with Crippen molar-refractivity contribution in [2.24, 2.45) is 5.73 Å². The van der Waals surface area contributed by atoms with Gasteiger partial charge in [0.25, 0.3) is 0 Å². The Morgan fingerprint density at radius 2 is 1.96 bits per heavy atom. The Morgan fingerprint density at radius 1 is 1.30 bits per heavy atom. The summed E-state index contributed by atoms with van der Waals surface area (Å²) in [5.74, 6) is -1.73. The molecule has 5 N–H and O–H groups in total. The summed E-state index contributed by atoms with van der Waals surface area (Å²) in [6, 6.07) is -3.43. The zero-order valence-electron chi connectivity index (χ0n) is 15.5. The molecule has 1 aliphatic rings. The van der Waals surface area contributed by atoms with Gasteiger partial charge in [0.2, 0.25) is 17.7 Å². The van der Waals surface area contributed by atoms with Crippen LogP contribution in [0.5, 0.6) is 0 Å². The Bertz CT molecular complexity index is 563. The van der Waals surface area contributed by atoms with Crippen LogP contribution >= 0.6 is 24.4 Å². The molecular weight excluding hydrogens is 392 g/mol. The molecule has 27 heavy (non-hydrogen) atoms. The van der Waals surface area contributed by atoms with Crippen molar-refractivity contribution in [3.05, 3.63) is 0 Å². The van der Waals surface area contributed by atoms with E-state index in [0.29, 0.717) is 31.6 Å². The van der Waals surface area contributed by atoms with Gasteiger partial charge in [-0.05, 0) is 38.2 Å². The highest BCUT2D eigenvalue weighted by Crippen LogP contribution is 2.19. The molecule has 3 amide bonds. The Balaban J connectivity index is 2.78. The monoisotopic (exact) mass is 420 g/mol. The molecular formula is C16H28N4O5S2. The standard InChI is InChI=1S/C16H28N4O5S2/c1-9(18-14(22)10(17)8-26)13(21)19-11(5-7-27-2)15(23)20-6-3-4-12(20)16(24)25/h9-12,26H,3-8,17H2,1-2H3,(H,18,22)(H,19,21)(H,24,25). The van der Waals surface area contributed by atoms with Gasteiger partial charge in [0.1, 0.15) is 18.1 Å². The van der Waals surface area contributed by atoms with Gasteiger partial charge in [0.05, 0.1) is 6.04 Å². The smallest absolute Gasteiger partial charge is 0.326 e. The Kier molecular flexibility index (Phi) is 9.95. The molecule has 0 aromatic carbocycles. The van der Waals surface area contributed by atoms with E-state index in [4.69, 9.17) is 5.73 Å². The van der Waals surface area contributed by atoms with Gasteiger partial charge in [-0.1, -0.05) is 0 Å². The lowest BCUT2D eigenvalue weighted by atomic mass is 10.1. The van der Waals surface area contributed by atoms with Crippen LogP contribution in [0.4, 0.5) is 0 Å². The predicted molar refractivity (Wildman–Crippen MR) is 107 cm³/mol. The van der Waals surface area contributed by atoms with Crippen LogP contribution in [0.1, 0.15) is 26.2 Å². The molecule has 1 heterocycles. The number of likely N-dealkylation sites (tertiary alicyclic amines) is 1. The molecule has 0 aromatic rings. The van der Waals surface area contributed by atoms with E-state index in [1.165, 1.54) is 23.6 Å². The Labute approximate surface area is 168 Å². The molecule has 0 saturated carbocycles. The second-order valence-electron chi connectivity index (χ2n) is 6.39. The SMILES string of the molecule is CSCCC(NC(=O)C(C)NC(=O)C(N)CS)C(=O)N1CCCC1C(=O)O. The number of hydrogen-bond acceptors (Lipinski definition) is 7. The fourth-order valence-corrected chi connectivity index (χ4v) is 3.38. The predicted octanol–water partition coefficient (Wildman–Crippen LogP) is -0.938. The first-order chi connectivity index (χ1) is 12.7. The summed E-state index contributed by atoms with van der Waals surface area (Å²) in [6.45, 7) is 1.84. The van der Waals surface area contributed by atoms with Crippen LogP contribution in [0.15, 0.2) is 0 Å². The summed E-state index contributed by atoms with van der Waals surface area (Å²) in [5.41, 5.74) is 5.57. The maximum atomic E-state index is 12.8. The highest BCUT2D eigenvalue weighted by Gasteiger charge is 2.37. The average molecular weight is 421 g/mol. The molecule has 0 bridgehead atoms. The third-order valence-electron chi connectivity index (χ3n) is 4.33. The topological polar surface area (TPSA) is 142 Å². The van der Waals surface area contributed by atoms with Gasteiger partial charge in [0, 0.05) is 12.3 Å². The minimum absolute atomic E-state index is 0.139. The van der Waals surface area contributed by atoms with E-state index in [-0.39, 0.29) is 5.75 Å². The zero-order valence-corrected chi connectivity index (χ0v) is 17.2. The van der Waals surface area contributed by atoms with Crippen LogP contribution in [-0.2, 0) is 19.2 Å². The summed E-state index contributed by atoms with van der Waals surface area (Å²) in [5, 5.41) is 14.4. The minimum Gasteiger partial charge on any atom is -0.480 e. The van der Waals surface area contributed by atoms with Gasteiger partial charge in [-0.25, -0.2) is 4.79 Å². The first-order valence-corrected chi connectivity index (χ1v) is 10.7. The van der Waals surface area contributed by atoms with E-state index >= 15 is 0 Å². The van der Waals surface area contributed by atoms with Gasteiger partial charge < -0.3 is 26.4 Å². The molecule has 11 heteroatoms. The number of carbonyl (C=O) groups excluding carboxylic acids is 3. The van der Waals surface area contributed by atoms with Crippen LogP contribution < -0.4 is 16.4 Å². The average Bonchev–Trinajstić information content (AvgIpc) is 3.13. The lowest BCUT2D eigenvalue weighted by molar-refractivity contribution is -0.149. The van der Waals surface area contributed by atoms with E-state index in [9.17, 15) is 24.3 Å². The van der Waals surface area contributed by atoms with Crippen molar-refractivity contribution in [3.8, 4) is 0 Å². The third-order valence-corrected chi connectivity index (χ3v) is 5.37. The number of carbonyl (C=O) groups is 4.